The zero-order chi connectivity index (χ0) is 18.3. The molecule has 0 radical (unpaired) electrons. The molecule has 24 heavy (non-hydrogen) atoms. The fraction of sp³-hybridized carbons (Fsp3) is 0.400. The van der Waals surface area contributed by atoms with Gasteiger partial charge in [-0.05, 0) is 47.5 Å². The van der Waals surface area contributed by atoms with Crippen LogP contribution >= 0.6 is 15.9 Å². The average Bonchev–Trinajstić information content (AvgIpc) is 2.45. The molecule has 132 valence electrons. The zero-order valence-corrected chi connectivity index (χ0v) is 15.1. The van der Waals surface area contributed by atoms with Gasteiger partial charge in [-0.3, -0.25) is 14.6 Å². The van der Waals surface area contributed by atoms with E-state index in [4.69, 9.17) is 19.7 Å². The maximum absolute atomic E-state index is 10.8. The first-order valence-corrected chi connectivity index (χ1v) is 7.79. The molecular formula is C15H19BrN2O6. The number of aliphatic carboxylic acids is 2. The number of carbonyl (C=O) groups is 2. The Labute approximate surface area is 147 Å². The molecule has 0 spiro atoms. The molecule has 9 heteroatoms. The number of hydrogen-bond acceptors (Lipinski definition) is 6. The van der Waals surface area contributed by atoms with Gasteiger partial charge in [-0.25, -0.2) is 0 Å². The lowest BCUT2D eigenvalue weighted by Crippen LogP contribution is -2.30. The summed E-state index contributed by atoms with van der Waals surface area (Å²) in [4.78, 5) is 21.5. The quantitative estimate of drug-likeness (QED) is 0.480. The number of nitrogens with zero attached hydrogens (tertiary/aromatic N) is 2. The second-order valence-corrected chi connectivity index (χ2v) is 5.91. The first-order valence-electron chi connectivity index (χ1n) is 6.99. The summed E-state index contributed by atoms with van der Waals surface area (Å²) in [6.45, 7) is 2.74. The van der Waals surface area contributed by atoms with Gasteiger partial charge in [0, 0.05) is 0 Å². The number of ether oxygens (including phenoxy) is 2. The van der Waals surface area contributed by atoms with E-state index in [2.05, 4.69) is 21.0 Å². The van der Waals surface area contributed by atoms with Gasteiger partial charge in [-0.1, -0.05) is 0 Å². The first-order chi connectivity index (χ1) is 11.2. The second-order valence-electron chi connectivity index (χ2n) is 5.06. The van der Waals surface area contributed by atoms with E-state index in [0.29, 0.717) is 21.5 Å². The highest BCUT2D eigenvalue weighted by molar-refractivity contribution is 9.10. The second kappa shape index (κ2) is 9.11. The van der Waals surface area contributed by atoms with Crippen molar-refractivity contribution in [3.63, 3.8) is 0 Å². The number of benzene rings is 1. The van der Waals surface area contributed by atoms with Crippen LogP contribution in [-0.2, 0) is 9.59 Å². The third-order valence-corrected chi connectivity index (χ3v) is 3.20. The number of hydrogen-bond donors (Lipinski definition) is 2. The number of hydrazone groups is 1. The number of carboxylic acid groups (broad SMARTS) is 2. The van der Waals surface area contributed by atoms with Gasteiger partial charge in [-0.15, -0.1) is 0 Å². The minimum atomic E-state index is -1.17. The molecule has 0 unspecified atom stereocenters. The highest BCUT2D eigenvalue weighted by atomic mass is 79.9. The summed E-state index contributed by atoms with van der Waals surface area (Å²) in [5.74, 6) is -1.33. The van der Waals surface area contributed by atoms with Crippen LogP contribution in [0.3, 0.4) is 0 Å². The van der Waals surface area contributed by atoms with E-state index < -0.39 is 25.0 Å². The molecule has 0 atom stereocenters. The van der Waals surface area contributed by atoms with E-state index >= 15 is 0 Å². The SMILES string of the molecule is COc1cc(/C=N\N(CC(=O)O)CC(=O)O)cc(Br)c1OC(C)C. The Bertz CT molecular complexity index is 617. The average molecular weight is 403 g/mol. The molecule has 0 bridgehead atoms. The molecule has 0 heterocycles. The molecule has 0 aliphatic heterocycles. The zero-order valence-electron chi connectivity index (χ0n) is 13.5. The molecule has 0 aromatic heterocycles. The van der Waals surface area contributed by atoms with E-state index in [9.17, 15) is 9.59 Å². The maximum atomic E-state index is 10.8. The lowest BCUT2D eigenvalue weighted by atomic mass is 10.2. The Morgan fingerprint density at radius 1 is 1.29 bits per heavy atom. The van der Waals surface area contributed by atoms with Crippen LogP contribution in [0.25, 0.3) is 0 Å². The normalized spacial score (nSPS) is 10.9. The summed E-state index contributed by atoms with van der Waals surface area (Å²) in [6, 6.07) is 3.37. The number of rotatable bonds is 9. The molecule has 0 aliphatic carbocycles. The third-order valence-electron chi connectivity index (χ3n) is 2.61. The van der Waals surface area contributed by atoms with Gasteiger partial charge in [0.05, 0.1) is 23.9 Å². The Morgan fingerprint density at radius 2 is 1.88 bits per heavy atom. The molecule has 0 aliphatic rings. The number of carboxylic acids is 2. The highest BCUT2D eigenvalue weighted by Crippen LogP contribution is 2.36. The summed E-state index contributed by atoms with van der Waals surface area (Å²) in [7, 11) is 1.50. The number of halogens is 1. The maximum Gasteiger partial charge on any atom is 0.324 e. The Morgan fingerprint density at radius 3 is 2.33 bits per heavy atom. The summed E-state index contributed by atoms with van der Waals surface area (Å²) in [5.41, 5.74) is 0.593. The lowest BCUT2D eigenvalue weighted by molar-refractivity contribution is -0.141. The van der Waals surface area contributed by atoms with Crippen LogP contribution in [0.15, 0.2) is 21.7 Å². The molecule has 2 N–H and O–H groups in total. The Hall–Kier alpha value is -2.29. The molecule has 0 amide bonds. The van der Waals surface area contributed by atoms with Crippen molar-refractivity contribution in [2.75, 3.05) is 20.2 Å². The van der Waals surface area contributed by atoms with E-state index in [-0.39, 0.29) is 6.10 Å². The van der Waals surface area contributed by atoms with Gasteiger partial charge in [0.25, 0.3) is 0 Å². The van der Waals surface area contributed by atoms with Crippen LogP contribution < -0.4 is 9.47 Å². The topological polar surface area (TPSA) is 109 Å². The Balaban J connectivity index is 3.05. The van der Waals surface area contributed by atoms with Crippen molar-refractivity contribution in [1.29, 1.82) is 0 Å². The molecule has 8 nitrogen and oxygen atoms in total. The van der Waals surface area contributed by atoms with E-state index in [1.165, 1.54) is 13.3 Å². The highest BCUT2D eigenvalue weighted by Gasteiger charge is 2.14. The predicted molar refractivity (Wildman–Crippen MR) is 90.9 cm³/mol. The van der Waals surface area contributed by atoms with Gasteiger partial charge < -0.3 is 19.7 Å². The molecule has 1 rings (SSSR count). The summed E-state index contributed by atoms with van der Waals surface area (Å²) in [6.07, 6.45) is 1.31. The molecule has 0 saturated carbocycles. The standard InChI is InChI=1S/C15H19BrN2O6/c1-9(2)24-15-11(16)4-10(5-12(15)23-3)6-17-18(7-13(19)20)8-14(21)22/h4-6,9H,7-8H2,1-3H3,(H,19,20)(H,21,22)/b17-6-. The number of methoxy groups -OCH3 is 1. The molecule has 0 saturated heterocycles. The summed E-state index contributed by atoms with van der Waals surface area (Å²) < 4.78 is 11.6. The van der Waals surface area contributed by atoms with E-state index in [0.717, 1.165) is 5.01 Å². The Kier molecular flexibility index (Phi) is 7.50. The third kappa shape index (κ3) is 6.45. The summed E-state index contributed by atoms with van der Waals surface area (Å²) >= 11 is 3.39. The largest absolute Gasteiger partial charge is 0.493 e. The molecule has 1 aromatic carbocycles. The van der Waals surface area contributed by atoms with E-state index in [1.54, 1.807) is 12.1 Å². The summed E-state index contributed by atoms with van der Waals surface area (Å²) in [5, 5.41) is 22.4. The van der Waals surface area contributed by atoms with E-state index in [1.807, 2.05) is 13.8 Å². The van der Waals surface area contributed by atoms with Crippen molar-refractivity contribution in [3.8, 4) is 11.5 Å². The lowest BCUT2D eigenvalue weighted by Gasteiger charge is -2.16. The van der Waals surface area contributed by atoms with Crippen molar-refractivity contribution >= 4 is 34.1 Å². The monoisotopic (exact) mass is 402 g/mol. The molecule has 1 aromatic rings. The van der Waals surface area contributed by atoms with Crippen LogP contribution in [0.2, 0.25) is 0 Å². The minimum Gasteiger partial charge on any atom is -0.493 e. The minimum absolute atomic E-state index is 0.0451. The van der Waals surface area contributed by atoms with Crippen LogP contribution in [0.1, 0.15) is 19.4 Å². The van der Waals surface area contributed by atoms with Gasteiger partial charge >= 0.3 is 11.9 Å². The van der Waals surface area contributed by atoms with Crippen molar-refractivity contribution in [2.24, 2.45) is 5.10 Å². The molecular weight excluding hydrogens is 384 g/mol. The van der Waals surface area contributed by atoms with Gasteiger partial charge in [-0.2, -0.15) is 5.10 Å². The smallest absolute Gasteiger partial charge is 0.324 e. The van der Waals surface area contributed by atoms with Crippen LogP contribution in [0.4, 0.5) is 0 Å². The van der Waals surface area contributed by atoms with Crippen molar-refractivity contribution in [3.05, 3.63) is 22.2 Å². The fourth-order valence-corrected chi connectivity index (χ4v) is 2.32. The van der Waals surface area contributed by atoms with Crippen molar-refractivity contribution in [2.45, 2.75) is 20.0 Å². The first kappa shape index (κ1) is 19.8. The van der Waals surface area contributed by atoms with Crippen molar-refractivity contribution in [1.82, 2.24) is 5.01 Å². The molecule has 0 fully saturated rings. The van der Waals surface area contributed by atoms with Crippen LogP contribution in [0.5, 0.6) is 11.5 Å². The predicted octanol–water partition coefficient (Wildman–Crippen LogP) is 2.05. The van der Waals surface area contributed by atoms with Gasteiger partial charge in [0.1, 0.15) is 13.1 Å². The van der Waals surface area contributed by atoms with Gasteiger partial charge in [0.2, 0.25) is 0 Å². The van der Waals surface area contributed by atoms with Crippen LogP contribution in [0, 0.1) is 0 Å². The fourth-order valence-electron chi connectivity index (χ4n) is 1.76. The van der Waals surface area contributed by atoms with Crippen molar-refractivity contribution < 1.29 is 29.3 Å². The van der Waals surface area contributed by atoms with Crippen LogP contribution in [-0.4, -0.2) is 59.7 Å². The van der Waals surface area contributed by atoms with Gasteiger partial charge in [0.15, 0.2) is 11.5 Å².